The van der Waals surface area contributed by atoms with E-state index in [4.69, 9.17) is 0 Å². The smallest absolute Gasteiger partial charge is 0.338 e. The van der Waals surface area contributed by atoms with E-state index in [1.807, 2.05) is 6.08 Å². The van der Waals surface area contributed by atoms with Crippen molar-refractivity contribution in [1.82, 2.24) is 0 Å². The van der Waals surface area contributed by atoms with E-state index in [-0.39, 0.29) is 42.4 Å². The van der Waals surface area contributed by atoms with Crippen LogP contribution in [0.25, 0.3) is 0 Å². The Kier molecular flexibility index (Phi) is 8.48. The summed E-state index contributed by atoms with van der Waals surface area (Å²) in [7, 11) is 1.36. The summed E-state index contributed by atoms with van der Waals surface area (Å²) in [6.45, 7) is 3.69. The molecule has 67 valence electrons. The van der Waals surface area contributed by atoms with Gasteiger partial charge in [0.05, 0.1) is 12.7 Å². The van der Waals surface area contributed by atoms with Crippen LogP contribution in [0.2, 0.25) is 0 Å². The average molecular weight is 294 g/mol. The van der Waals surface area contributed by atoms with Gasteiger partial charge in [0.25, 0.3) is 0 Å². The number of methoxy groups -OCH3 is 1. The summed E-state index contributed by atoms with van der Waals surface area (Å²) in [6.07, 6.45) is 7.07. The van der Waals surface area contributed by atoms with Gasteiger partial charge in [0.15, 0.2) is 0 Å². The Labute approximate surface area is 101 Å². The van der Waals surface area contributed by atoms with Crippen LogP contribution in [0.15, 0.2) is 36.0 Å². The van der Waals surface area contributed by atoms with Crippen LogP contribution in [0.1, 0.15) is 0 Å². The Hall–Kier alpha value is -0.207. The number of halogens is 1. The predicted octanol–water partition coefficient (Wildman–Crippen LogP) is -1.58. The second-order valence-electron chi connectivity index (χ2n) is 2.15. The van der Waals surface area contributed by atoms with E-state index >= 15 is 0 Å². The van der Waals surface area contributed by atoms with Crippen molar-refractivity contribution in [3.63, 3.8) is 0 Å². The molecule has 0 fully saturated rings. The minimum Gasteiger partial charge on any atom is -1.00 e. The zero-order chi connectivity index (χ0) is 8.27. The van der Waals surface area contributed by atoms with Crippen LogP contribution in [0.3, 0.4) is 0 Å². The molecule has 0 unspecified atom stereocenters. The summed E-state index contributed by atoms with van der Waals surface area (Å²) in [6, 6.07) is 0. The topological polar surface area (TPSA) is 26.3 Å². The maximum absolute atomic E-state index is 11.0. The summed E-state index contributed by atoms with van der Waals surface area (Å²) in [5.74, 6) is -0.337. The van der Waals surface area contributed by atoms with Gasteiger partial charge in [-0.2, -0.15) is 0 Å². The van der Waals surface area contributed by atoms with Crippen molar-refractivity contribution < 1.29 is 46.0 Å². The molecule has 0 aromatic rings. The normalized spacial score (nSPS) is 13.6. The van der Waals surface area contributed by atoms with Crippen LogP contribution in [0.5, 0.6) is 0 Å². The van der Waals surface area contributed by atoms with Crippen molar-refractivity contribution in [3.05, 3.63) is 42.4 Å². The average Bonchev–Trinajstić information content (AvgIpc) is 2.04. The van der Waals surface area contributed by atoms with E-state index in [0.717, 1.165) is 0 Å². The molecular weight excluding hydrogens is 285 g/mol. The molecule has 4 heteroatoms. The second-order valence-corrected chi connectivity index (χ2v) is 2.15. The number of carbonyl (C=O) groups excluding carboxylic acids is 1. The number of rotatable bonds is 1. The fourth-order valence-electron chi connectivity index (χ4n) is 0.829. The number of hydrogen-bond donors (Lipinski definition) is 0. The Morgan fingerprint density at radius 2 is 2.08 bits per heavy atom. The zero-order valence-electron chi connectivity index (χ0n) is 7.42. The van der Waals surface area contributed by atoms with Gasteiger partial charge in [-0.3, -0.25) is 0 Å². The maximum atomic E-state index is 11.0. The van der Waals surface area contributed by atoms with Crippen molar-refractivity contribution in [2.45, 2.75) is 0 Å². The van der Waals surface area contributed by atoms with Gasteiger partial charge in [0, 0.05) is 25.9 Å². The monoisotopic (exact) mass is 292 g/mol. The molecule has 2 nitrogen and oxygen atoms in total. The van der Waals surface area contributed by atoms with Crippen molar-refractivity contribution in [3.8, 4) is 0 Å². The van der Waals surface area contributed by atoms with E-state index < -0.39 is 0 Å². The zero-order valence-corrected chi connectivity index (χ0v) is 12.0. The number of allylic oxidation sites excluding steroid dienone is 3. The van der Waals surface area contributed by atoms with Gasteiger partial charge in [-0.1, -0.05) is 18.7 Å². The molecule has 0 atom stereocenters. The van der Waals surface area contributed by atoms with Crippen LogP contribution < -0.4 is 17.0 Å². The largest absolute Gasteiger partial charge is 1.00 e. The molecule has 0 aromatic heterocycles. The van der Waals surface area contributed by atoms with Gasteiger partial charge in [0.2, 0.25) is 0 Å². The third-order valence-corrected chi connectivity index (χ3v) is 1.42. The van der Waals surface area contributed by atoms with E-state index in [9.17, 15) is 4.79 Å². The van der Waals surface area contributed by atoms with Crippen LogP contribution in [0, 0.1) is 6.42 Å². The van der Waals surface area contributed by atoms with Crippen LogP contribution >= 0.6 is 0 Å². The molecule has 0 heterocycles. The molecule has 0 saturated heterocycles. The Bertz CT molecular complexity index is 256. The van der Waals surface area contributed by atoms with Crippen LogP contribution in [-0.2, 0) is 29.0 Å². The first-order valence-electron chi connectivity index (χ1n) is 3.25. The summed E-state index contributed by atoms with van der Waals surface area (Å²) >= 11 is 0. The van der Waals surface area contributed by atoms with Crippen LogP contribution in [0.4, 0.5) is 0 Å². The number of carbonyl (C=O) groups is 1. The van der Waals surface area contributed by atoms with Crippen molar-refractivity contribution >= 4 is 5.97 Å². The number of ether oxygens (including phenoxy) is 1. The van der Waals surface area contributed by atoms with Gasteiger partial charge in [-0.05, 0) is 11.6 Å². The van der Waals surface area contributed by atoms with E-state index in [0.29, 0.717) is 11.1 Å². The SMILES string of the molecule is C=C1[CH]C=CC=C1C(=O)OC.[Br-].[Zn]. The summed E-state index contributed by atoms with van der Waals surface area (Å²) < 4.78 is 4.54. The summed E-state index contributed by atoms with van der Waals surface area (Å²) in [5, 5.41) is 0. The maximum Gasteiger partial charge on any atom is 0.338 e. The van der Waals surface area contributed by atoms with Gasteiger partial charge < -0.3 is 21.7 Å². The molecule has 0 spiro atoms. The summed E-state index contributed by atoms with van der Waals surface area (Å²) in [4.78, 5) is 11.0. The van der Waals surface area contributed by atoms with E-state index in [1.165, 1.54) is 7.11 Å². The minimum absolute atomic E-state index is 0. The first kappa shape index (κ1) is 15.3. The van der Waals surface area contributed by atoms with E-state index in [2.05, 4.69) is 11.3 Å². The third-order valence-electron chi connectivity index (χ3n) is 1.42. The van der Waals surface area contributed by atoms with Crippen molar-refractivity contribution in [2.75, 3.05) is 7.11 Å². The van der Waals surface area contributed by atoms with Gasteiger partial charge >= 0.3 is 5.97 Å². The molecule has 0 aromatic carbocycles. The standard InChI is InChI=1S/C9H9O2.BrH.Zn/c1-7-5-3-4-6-8(7)9(10)11-2;;/h3-6H,1H2,2H3;1H;/p-1. The summed E-state index contributed by atoms with van der Waals surface area (Å²) in [5.41, 5.74) is 1.22. The molecule has 13 heavy (non-hydrogen) atoms. The molecule has 0 bridgehead atoms. The van der Waals surface area contributed by atoms with Crippen molar-refractivity contribution in [1.29, 1.82) is 0 Å². The van der Waals surface area contributed by atoms with Gasteiger partial charge in [-0.25, -0.2) is 4.79 Å². The first-order chi connectivity index (χ1) is 5.25. The third kappa shape index (κ3) is 4.01. The van der Waals surface area contributed by atoms with Gasteiger partial charge in [-0.15, -0.1) is 0 Å². The van der Waals surface area contributed by atoms with E-state index in [1.54, 1.807) is 18.6 Å². The second kappa shape index (κ2) is 7.22. The number of hydrogen-bond acceptors (Lipinski definition) is 2. The molecule has 0 amide bonds. The molecule has 0 aliphatic heterocycles. The Balaban J connectivity index is 0. The van der Waals surface area contributed by atoms with Gasteiger partial charge in [0.1, 0.15) is 0 Å². The minimum atomic E-state index is -0.337. The molecular formula is C9H9BrO2Zn-. The number of esters is 1. The molecule has 1 radical (unpaired) electrons. The molecule has 0 saturated carbocycles. The predicted molar refractivity (Wildman–Crippen MR) is 42.7 cm³/mol. The molecule has 1 aliphatic rings. The van der Waals surface area contributed by atoms with Crippen LogP contribution in [-0.4, -0.2) is 13.1 Å². The Morgan fingerprint density at radius 1 is 1.46 bits per heavy atom. The first-order valence-corrected chi connectivity index (χ1v) is 3.25. The quantitative estimate of drug-likeness (QED) is 0.431. The Morgan fingerprint density at radius 3 is 2.54 bits per heavy atom. The fourth-order valence-corrected chi connectivity index (χ4v) is 0.829. The fraction of sp³-hybridized carbons (Fsp3) is 0.111. The van der Waals surface area contributed by atoms with Crippen molar-refractivity contribution in [2.24, 2.45) is 0 Å². The molecule has 1 aliphatic carbocycles. The molecule has 1 rings (SSSR count). The molecule has 0 N–H and O–H groups in total.